The predicted octanol–water partition coefficient (Wildman–Crippen LogP) is 2.77. The van der Waals surface area contributed by atoms with Crippen molar-refractivity contribution in [1.82, 2.24) is 20.4 Å². The largest absolute Gasteiger partial charge is 0.497 e. The van der Waals surface area contributed by atoms with Crippen molar-refractivity contribution >= 4 is 5.91 Å². The van der Waals surface area contributed by atoms with E-state index in [4.69, 9.17) is 4.74 Å². The molecular formula is C18H21F3N4O2. The van der Waals surface area contributed by atoms with E-state index < -0.39 is 17.6 Å². The van der Waals surface area contributed by atoms with Crippen LogP contribution in [-0.4, -0.2) is 35.9 Å². The first kappa shape index (κ1) is 19.2. The Bertz CT molecular complexity index is 798. The minimum absolute atomic E-state index is 0.0347. The Labute approximate surface area is 154 Å². The SMILES string of the molecule is COc1ccc(CNC(=O)c2ccn(C3CCCNC3)n2)c(C(F)(F)F)c1. The summed E-state index contributed by atoms with van der Waals surface area (Å²) in [5, 5.41) is 10.0. The summed E-state index contributed by atoms with van der Waals surface area (Å²) in [6, 6.07) is 5.41. The molecule has 1 aliphatic rings. The monoisotopic (exact) mass is 382 g/mol. The zero-order valence-electron chi connectivity index (χ0n) is 14.8. The molecule has 146 valence electrons. The minimum Gasteiger partial charge on any atom is -0.497 e. The highest BCUT2D eigenvalue weighted by Gasteiger charge is 2.34. The maximum absolute atomic E-state index is 13.2. The maximum atomic E-state index is 13.2. The van der Waals surface area contributed by atoms with Crippen molar-refractivity contribution in [3.8, 4) is 5.75 Å². The van der Waals surface area contributed by atoms with Crippen LogP contribution in [0.15, 0.2) is 30.5 Å². The summed E-state index contributed by atoms with van der Waals surface area (Å²) in [5.41, 5.74) is -0.684. The molecule has 1 aromatic carbocycles. The van der Waals surface area contributed by atoms with Gasteiger partial charge in [-0.3, -0.25) is 9.48 Å². The van der Waals surface area contributed by atoms with Gasteiger partial charge in [-0.2, -0.15) is 18.3 Å². The maximum Gasteiger partial charge on any atom is 0.416 e. The molecule has 0 saturated carbocycles. The molecule has 1 aliphatic heterocycles. The average Bonchev–Trinajstić information content (AvgIpc) is 3.16. The lowest BCUT2D eigenvalue weighted by Crippen LogP contribution is -2.32. The Morgan fingerprint density at radius 3 is 2.89 bits per heavy atom. The van der Waals surface area contributed by atoms with Crippen LogP contribution in [0, 0.1) is 0 Å². The fourth-order valence-electron chi connectivity index (χ4n) is 3.09. The van der Waals surface area contributed by atoms with Crippen LogP contribution in [0.3, 0.4) is 0 Å². The van der Waals surface area contributed by atoms with Crippen molar-refractivity contribution < 1.29 is 22.7 Å². The van der Waals surface area contributed by atoms with Crippen molar-refractivity contribution in [2.75, 3.05) is 20.2 Å². The van der Waals surface area contributed by atoms with Crippen molar-refractivity contribution in [2.45, 2.75) is 31.6 Å². The Balaban J connectivity index is 1.68. The summed E-state index contributed by atoms with van der Waals surface area (Å²) in [4.78, 5) is 12.3. The van der Waals surface area contributed by atoms with Gasteiger partial charge in [0.1, 0.15) is 11.4 Å². The van der Waals surface area contributed by atoms with Gasteiger partial charge in [0.05, 0.1) is 18.7 Å². The first-order valence-electron chi connectivity index (χ1n) is 8.66. The van der Waals surface area contributed by atoms with E-state index in [2.05, 4.69) is 15.7 Å². The van der Waals surface area contributed by atoms with Crippen LogP contribution < -0.4 is 15.4 Å². The zero-order valence-corrected chi connectivity index (χ0v) is 14.8. The summed E-state index contributed by atoms with van der Waals surface area (Å²) in [7, 11) is 1.30. The van der Waals surface area contributed by atoms with Crippen LogP contribution in [0.2, 0.25) is 0 Å². The highest BCUT2D eigenvalue weighted by molar-refractivity contribution is 5.92. The number of hydrogen-bond acceptors (Lipinski definition) is 4. The highest BCUT2D eigenvalue weighted by atomic mass is 19.4. The molecule has 9 heteroatoms. The number of carbonyl (C=O) groups excluding carboxylic acids is 1. The number of nitrogens with one attached hydrogen (secondary N) is 2. The molecule has 3 rings (SSSR count). The number of nitrogens with zero attached hydrogens (tertiary/aromatic N) is 2. The van der Waals surface area contributed by atoms with Crippen molar-refractivity contribution in [3.05, 3.63) is 47.3 Å². The molecule has 1 amide bonds. The van der Waals surface area contributed by atoms with Gasteiger partial charge in [-0.25, -0.2) is 0 Å². The van der Waals surface area contributed by atoms with Gasteiger partial charge in [0.2, 0.25) is 0 Å². The number of aromatic nitrogens is 2. The third-order valence-electron chi connectivity index (χ3n) is 4.55. The zero-order chi connectivity index (χ0) is 19.4. The van der Waals surface area contributed by atoms with E-state index in [1.54, 1.807) is 16.9 Å². The Kier molecular flexibility index (Phi) is 5.69. The Morgan fingerprint density at radius 1 is 1.41 bits per heavy atom. The number of halogens is 3. The van der Waals surface area contributed by atoms with E-state index in [0.717, 1.165) is 32.0 Å². The van der Waals surface area contributed by atoms with Crippen LogP contribution in [0.4, 0.5) is 13.2 Å². The number of methoxy groups -OCH3 is 1. The lowest BCUT2D eigenvalue weighted by Gasteiger charge is -2.22. The summed E-state index contributed by atoms with van der Waals surface area (Å²) in [6.45, 7) is 1.49. The molecular weight excluding hydrogens is 361 g/mol. The molecule has 1 unspecified atom stereocenters. The topological polar surface area (TPSA) is 68.2 Å². The van der Waals surface area contributed by atoms with Gasteiger partial charge >= 0.3 is 6.18 Å². The van der Waals surface area contributed by atoms with Gasteiger partial charge in [0.25, 0.3) is 5.91 Å². The smallest absolute Gasteiger partial charge is 0.416 e. The molecule has 2 heterocycles. The van der Waals surface area contributed by atoms with Gasteiger partial charge in [-0.05, 0) is 43.1 Å². The molecule has 0 bridgehead atoms. The number of ether oxygens (including phenoxy) is 1. The van der Waals surface area contributed by atoms with E-state index in [0.29, 0.717) is 0 Å². The fourth-order valence-corrected chi connectivity index (χ4v) is 3.09. The number of piperidine rings is 1. The molecule has 27 heavy (non-hydrogen) atoms. The molecule has 0 aliphatic carbocycles. The molecule has 1 saturated heterocycles. The van der Waals surface area contributed by atoms with E-state index in [1.165, 1.54) is 19.2 Å². The normalized spacial score (nSPS) is 17.6. The van der Waals surface area contributed by atoms with Gasteiger partial charge in [0.15, 0.2) is 0 Å². The second kappa shape index (κ2) is 7.99. The minimum atomic E-state index is -4.54. The van der Waals surface area contributed by atoms with E-state index in [9.17, 15) is 18.0 Å². The second-order valence-corrected chi connectivity index (χ2v) is 6.38. The van der Waals surface area contributed by atoms with Gasteiger partial charge in [0, 0.05) is 19.3 Å². The Hall–Kier alpha value is -2.55. The lowest BCUT2D eigenvalue weighted by atomic mass is 10.1. The number of alkyl halides is 3. The number of hydrogen-bond donors (Lipinski definition) is 2. The molecule has 0 radical (unpaired) electrons. The molecule has 2 aromatic rings. The first-order chi connectivity index (χ1) is 12.9. The molecule has 1 fully saturated rings. The molecule has 1 atom stereocenters. The van der Waals surface area contributed by atoms with Crippen LogP contribution in [0.5, 0.6) is 5.75 Å². The van der Waals surface area contributed by atoms with Crippen LogP contribution in [0.1, 0.15) is 40.5 Å². The van der Waals surface area contributed by atoms with Crippen LogP contribution in [-0.2, 0) is 12.7 Å². The summed E-state index contributed by atoms with van der Waals surface area (Å²) in [6.07, 6.45) is -0.814. The molecule has 1 aromatic heterocycles. The number of benzene rings is 1. The number of carbonyl (C=O) groups is 1. The second-order valence-electron chi connectivity index (χ2n) is 6.38. The lowest BCUT2D eigenvalue weighted by molar-refractivity contribution is -0.138. The Morgan fingerprint density at radius 2 is 2.22 bits per heavy atom. The summed E-state index contributed by atoms with van der Waals surface area (Å²) < 4.78 is 46.3. The first-order valence-corrected chi connectivity index (χ1v) is 8.66. The average molecular weight is 382 g/mol. The van der Waals surface area contributed by atoms with E-state index in [-0.39, 0.29) is 29.6 Å². The predicted molar refractivity (Wildman–Crippen MR) is 92.5 cm³/mol. The van der Waals surface area contributed by atoms with Crippen molar-refractivity contribution in [3.63, 3.8) is 0 Å². The van der Waals surface area contributed by atoms with E-state index in [1.807, 2.05) is 0 Å². The summed E-state index contributed by atoms with van der Waals surface area (Å²) >= 11 is 0. The highest BCUT2D eigenvalue weighted by Crippen LogP contribution is 2.34. The summed E-state index contributed by atoms with van der Waals surface area (Å²) in [5.74, 6) is -0.404. The molecule has 2 N–H and O–H groups in total. The van der Waals surface area contributed by atoms with Gasteiger partial charge < -0.3 is 15.4 Å². The van der Waals surface area contributed by atoms with Crippen molar-refractivity contribution in [2.24, 2.45) is 0 Å². The standard InChI is InChI=1S/C18H21F3N4O2/c1-27-14-5-4-12(15(9-14)18(19,20)21)10-23-17(26)16-6-8-25(24-16)13-3-2-7-22-11-13/h4-6,8-9,13,22H,2-3,7,10-11H2,1H3,(H,23,26). The quantitative estimate of drug-likeness (QED) is 0.835. The fraction of sp³-hybridized carbons (Fsp3) is 0.444. The van der Waals surface area contributed by atoms with Crippen LogP contribution in [0.25, 0.3) is 0 Å². The van der Waals surface area contributed by atoms with E-state index >= 15 is 0 Å². The van der Waals surface area contributed by atoms with Crippen molar-refractivity contribution in [1.29, 1.82) is 0 Å². The molecule has 6 nitrogen and oxygen atoms in total. The van der Waals surface area contributed by atoms with Gasteiger partial charge in [-0.1, -0.05) is 6.07 Å². The van der Waals surface area contributed by atoms with Gasteiger partial charge in [-0.15, -0.1) is 0 Å². The van der Waals surface area contributed by atoms with Crippen LogP contribution >= 0.6 is 0 Å². The third kappa shape index (κ3) is 4.60. The number of rotatable bonds is 5. The number of amides is 1. The third-order valence-corrected chi connectivity index (χ3v) is 4.55. The molecule has 0 spiro atoms.